The first-order valence-corrected chi connectivity index (χ1v) is 8.91. The Labute approximate surface area is 152 Å². The van der Waals surface area contributed by atoms with Crippen LogP contribution >= 0.6 is 24.4 Å². The molecular formula is C15H25N5O2S2. The molecule has 0 aliphatic carbocycles. The summed E-state index contributed by atoms with van der Waals surface area (Å²) >= 11 is 10.00. The average molecular weight is 372 g/mol. The number of aromatic amines is 2. The fraction of sp³-hybridized carbons (Fsp3) is 0.600. The van der Waals surface area contributed by atoms with Crippen molar-refractivity contribution < 1.29 is 4.79 Å². The first-order chi connectivity index (χ1) is 11.4. The topological polar surface area (TPSA) is 102 Å². The number of H-pyrrole nitrogens is 2. The van der Waals surface area contributed by atoms with Gasteiger partial charge >= 0.3 is 0 Å². The molecule has 1 heterocycles. The van der Waals surface area contributed by atoms with Crippen LogP contribution in [0, 0.1) is 10.7 Å². The Kier molecular flexibility index (Phi) is 9.24. The van der Waals surface area contributed by atoms with Crippen LogP contribution in [0.2, 0.25) is 0 Å². The molecular weight excluding hydrogens is 346 g/mol. The fourth-order valence-electron chi connectivity index (χ4n) is 2.18. The van der Waals surface area contributed by atoms with Crippen molar-refractivity contribution in [2.45, 2.75) is 46.0 Å². The zero-order valence-corrected chi connectivity index (χ0v) is 15.7. The average Bonchev–Trinajstić information content (AvgIpc) is 2.52. The maximum atomic E-state index is 11.8. The minimum Gasteiger partial charge on any atom is -0.361 e. The summed E-state index contributed by atoms with van der Waals surface area (Å²) in [7, 11) is 0. The van der Waals surface area contributed by atoms with Gasteiger partial charge in [-0.3, -0.25) is 25.4 Å². The number of unbranched alkanes of at least 4 members (excludes halogenated alkanes) is 1. The molecule has 0 aliphatic rings. The quantitative estimate of drug-likeness (QED) is 0.352. The smallest absolute Gasteiger partial charge is 0.251 e. The summed E-state index contributed by atoms with van der Waals surface area (Å²) in [5.41, 5.74) is 5.25. The molecule has 5 N–H and O–H groups in total. The van der Waals surface area contributed by atoms with Crippen molar-refractivity contribution in [1.29, 1.82) is 0 Å². The van der Waals surface area contributed by atoms with Crippen LogP contribution in [0.15, 0.2) is 10.9 Å². The van der Waals surface area contributed by atoms with E-state index in [2.05, 4.69) is 40.0 Å². The predicted octanol–water partition coefficient (Wildman–Crippen LogP) is 1.69. The van der Waals surface area contributed by atoms with Crippen molar-refractivity contribution in [3.05, 3.63) is 26.9 Å². The molecule has 0 unspecified atom stereocenters. The van der Waals surface area contributed by atoms with Gasteiger partial charge in [0.15, 0.2) is 9.88 Å². The molecule has 24 heavy (non-hydrogen) atoms. The molecule has 134 valence electrons. The van der Waals surface area contributed by atoms with Gasteiger partial charge in [0.25, 0.3) is 5.56 Å². The van der Waals surface area contributed by atoms with Gasteiger partial charge in [0, 0.05) is 18.3 Å². The lowest BCUT2D eigenvalue weighted by Gasteiger charge is -2.17. The second-order valence-electron chi connectivity index (χ2n) is 5.59. The Morgan fingerprint density at radius 1 is 1.29 bits per heavy atom. The molecule has 0 saturated heterocycles. The minimum atomic E-state index is -0.343. The highest BCUT2D eigenvalue weighted by atomic mass is 32.1. The zero-order chi connectivity index (χ0) is 17.9. The first-order valence-electron chi connectivity index (χ1n) is 8.09. The normalized spacial score (nSPS) is 11.6. The lowest BCUT2D eigenvalue weighted by molar-refractivity contribution is -0.121. The van der Waals surface area contributed by atoms with Crippen LogP contribution < -0.4 is 21.7 Å². The Hall–Kier alpha value is -1.74. The maximum absolute atomic E-state index is 11.8. The van der Waals surface area contributed by atoms with E-state index in [1.165, 1.54) is 18.9 Å². The summed E-state index contributed by atoms with van der Waals surface area (Å²) in [6.45, 7) is 5.11. The number of carbonyl (C=O) groups is 1. The second kappa shape index (κ2) is 10.9. The molecule has 1 rings (SSSR count). The number of hydrazine groups is 1. The lowest BCUT2D eigenvalue weighted by atomic mass is 9.99. The molecule has 1 aromatic rings. The Morgan fingerprint density at radius 3 is 2.67 bits per heavy atom. The molecule has 1 amide bonds. The Morgan fingerprint density at radius 2 is 2.04 bits per heavy atom. The summed E-state index contributed by atoms with van der Waals surface area (Å²) in [4.78, 5) is 28.3. The Balaban J connectivity index is 2.34. The second-order valence-corrected chi connectivity index (χ2v) is 6.41. The first kappa shape index (κ1) is 20.3. The maximum Gasteiger partial charge on any atom is 0.251 e. The molecule has 7 nitrogen and oxygen atoms in total. The van der Waals surface area contributed by atoms with Crippen molar-refractivity contribution in [2.75, 3.05) is 6.54 Å². The summed E-state index contributed by atoms with van der Waals surface area (Å²) in [5, 5.41) is 3.48. The van der Waals surface area contributed by atoms with Gasteiger partial charge in [-0.25, -0.2) is 0 Å². The van der Waals surface area contributed by atoms with E-state index in [0.717, 1.165) is 19.4 Å². The lowest BCUT2D eigenvalue weighted by Crippen LogP contribution is -2.48. The highest BCUT2D eigenvalue weighted by molar-refractivity contribution is 7.80. The molecule has 1 atom stereocenters. The fourth-order valence-corrected chi connectivity index (χ4v) is 2.55. The van der Waals surface area contributed by atoms with E-state index in [9.17, 15) is 9.59 Å². The monoisotopic (exact) mass is 371 g/mol. The third kappa shape index (κ3) is 8.21. The Bertz CT molecular complexity index is 628. The molecule has 0 spiro atoms. The van der Waals surface area contributed by atoms with Gasteiger partial charge < -0.3 is 10.3 Å². The van der Waals surface area contributed by atoms with Gasteiger partial charge in [-0.1, -0.05) is 33.1 Å². The van der Waals surface area contributed by atoms with Crippen LogP contribution in [0.1, 0.15) is 45.2 Å². The van der Waals surface area contributed by atoms with Gasteiger partial charge in [0.1, 0.15) is 0 Å². The molecule has 0 bridgehead atoms. The van der Waals surface area contributed by atoms with E-state index in [0.29, 0.717) is 16.7 Å². The molecule has 9 heteroatoms. The molecule has 0 saturated carbocycles. The standard InChI is InChI=1S/C15H25N5O2S2/c1-3-5-6-10(4-2)9-16-14(23)20-19-13(22)8-11-7-12(21)18-15(24)17-11/h7,10H,3-6,8-9H2,1-2H3,(H,19,22)(H2,16,20,23)(H2,17,18,21,24)/t10-/m1/s1. The van der Waals surface area contributed by atoms with Crippen LogP contribution in [0.4, 0.5) is 0 Å². The van der Waals surface area contributed by atoms with Crippen LogP contribution in [0.25, 0.3) is 0 Å². The van der Waals surface area contributed by atoms with Gasteiger partial charge in [0.05, 0.1) is 6.42 Å². The van der Waals surface area contributed by atoms with Crippen molar-refractivity contribution in [1.82, 2.24) is 26.1 Å². The number of hydrogen-bond acceptors (Lipinski definition) is 4. The summed E-state index contributed by atoms with van der Waals surface area (Å²) in [6, 6.07) is 1.30. The number of thiocarbonyl (C=S) groups is 1. The van der Waals surface area contributed by atoms with E-state index in [1.807, 2.05) is 0 Å². The largest absolute Gasteiger partial charge is 0.361 e. The van der Waals surface area contributed by atoms with E-state index in [4.69, 9.17) is 24.4 Å². The molecule has 1 aromatic heterocycles. The number of carbonyl (C=O) groups excluding carboxylic acids is 1. The third-order valence-electron chi connectivity index (χ3n) is 3.58. The predicted molar refractivity (Wildman–Crippen MR) is 101 cm³/mol. The SMILES string of the molecule is CCCC[C@@H](CC)CNC(=S)NNC(=O)Cc1cc(=O)[nH]c(=S)[nH]1. The van der Waals surface area contributed by atoms with Crippen LogP contribution in [-0.4, -0.2) is 27.5 Å². The van der Waals surface area contributed by atoms with E-state index in [-0.39, 0.29) is 22.7 Å². The third-order valence-corrected chi connectivity index (χ3v) is 4.03. The van der Waals surface area contributed by atoms with Gasteiger partial charge in [-0.05, 0) is 36.8 Å². The van der Waals surface area contributed by atoms with Crippen LogP contribution in [0.5, 0.6) is 0 Å². The van der Waals surface area contributed by atoms with E-state index >= 15 is 0 Å². The van der Waals surface area contributed by atoms with E-state index in [1.54, 1.807) is 0 Å². The van der Waals surface area contributed by atoms with Crippen LogP contribution in [-0.2, 0) is 11.2 Å². The molecule has 0 aliphatic heterocycles. The molecule has 0 radical (unpaired) electrons. The van der Waals surface area contributed by atoms with Crippen molar-refractivity contribution in [2.24, 2.45) is 5.92 Å². The number of hydrogen-bond donors (Lipinski definition) is 5. The van der Waals surface area contributed by atoms with Crippen LogP contribution in [0.3, 0.4) is 0 Å². The molecule has 0 fully saturated rings. The minimum absolute atomic E-state index is 0.00272. The summed E-state index contributed by atoms with van der Waals surface area (Å²) in [6.07, 6.45) is 4.63. The number of rotatable bonds is 8. The van der Waals surface area contributed by atoms with Crippen molar-refractivity contribution in [3.63, 3.8) is 0 Å². The summed E-state index contributed by atoms with van der Waals surface area (Å²) < 4.78 is 0.188. The highest BCUT2D eigenvalue weighted by Gasteiger charge is 2.08. The zero-order valence-electron chi connectivity index (χ0n) is 14.0. The number of aromatic nitrogens is 2. The van der Waals surface area contributed by atoms with Gasteiger partial charge in [-0.15, -0.1) is 0 Å². The number of nitrogens with one attached hydrogen (secondary N) is 5. The van der Waals surface area contributed by atoms with Gasteiger partial charge in [-0.2, -0.15) is 0 Å². The van der Waals surface area contributed by atoms with Crippen molar-refractivity contribution in [3.8, 4) is 0 Å². The summed E-state index contributed by atoms with van der Waals surface area (Å²) in [5.74, 6) is 0.241. The van der Waals surface area contributed by atoms with Crippen molar-refractivity contribution >= 4 is 35.5 Å². The molecule has 0 aromatic carbocycles. The highest BCUT2D eigenvalue weighted by Crippen LogP contribution is 2.10. The van der Waals surface area contributed by atoms with Gasteiger partial charge in [0.2, 0.25) is 5.91 Å². The van der Waals surface area contributed by atoms with E-state index < -0.39 is 0 Å². The number of amides is 1.